The maximum atomic E-state index is 7.25. The number of rotatable bonds is 4. The average molecular weight is 921 g/mol. The molecule has 10 heteroatoms. The first-order chi connectivity index (χ1) is 34.3. The van der Waals surface area contributed by atoms with Gasteiger partial charge in [-0.2, -0.15) is 9.97 Å². The van der Waals surface area contributed by atoms with Crippen molar-refractivity contribution in [3.05, 3.63) is 179 Å². The molecule has 0 saturated carbocycles. The van der Waals surface area contributed by atoms with E-state index in [1.807, 2.05) is 6.07 Å². The van der Waals surface area contributed by atoms with Crippen molar-refractivity contribution in [1.29, 1.82) is 0 Å². The molecule has 0 fully saturated rings. The smallest absolute Gasteiger partial charge is 0.260 e. The highest BCUT2D eigenvalue weighted by molar-refractivity contribution is 7.02. The van der Waals surface area contributed by atoms with Gasteiger partial charge in [-0.1, -0.05) is 131 Å². The van der Waals surface area contributed by atoms with Crippen LogP contribution in [-0.4, -0.2) is 33.4 Å². The molecule has 4 aliphatic heterocycles. The number of hydrogen-bond acceptors (Lipinski definition) is 8. The summed E-state index contributed by atoms with van der Waals surface area (Å²) in [5.74, 6) is 5.69. The maximum Gasteiger partial charge on any atom is 0.260 e. The molecule has 9 aromatic rings. The second kappa shape index (κ2) is 14.8. The number of aromatic nitrogens is 4. The third-order valence-corrected chi connectivity index (χ3v) is 15.9. The van der Waals surface area contributed by atoms with Gasteiger partial charge < -0.3 is 9.47 Å². The highest BCUT2D eigenvalue weighted by Crippen LogP contribution is 2.52. The monoisotopic (exact) mass is 920 g/mol. The Kier molecular flexibility index (Phi) is 8.73. The van der Waals surface area contributed by atoms with Gasteiger partial charge in [0.2, 0.25) is 11.8 Å². The predicted octanol–water partition coefficient (Wildman–Crippen LogP) is 10.6. The van der Waals surface area contributed by atoms with Gasteiger partial charge in [-0.15, -0.1) is 0 Å². The zero-order valence-corrected chi connectivity index (χ0v) is 41.2. The standard InChI is InChI=1S/C61H50B2N6O2/c1-34-19-17-20-35(2)50(34)54-64-56-52-58(66-54)70-48-28-16-15-27-42(48)62(52)43-31-44-47(32-46(43)68(56)38-23-11-9-12-24-38)69(39-25-13-10-14-26-39)57-53-59(67-55(65-57)51-36(3)21-18-22-37(51)4)71-49-30-41-40(29-45(49)63(44)53)60(5,6)33-61(41,7)8/h9-32H,33H2,1-8H3. The van der Waals surface area contributed by atoms with Crippen molar-refractivity contribution < 1.29 is 9.47 Å². The van der Waals surface area contributed by atoms with Crippen LogP contribution in [0.4, 0.5) is 34.4 Å². The molecule has 14 rings (SSSR count). The van der Waals surface area contributed by atoms with Crippen LogP contribution in [0.25, 0.3) is 22.8 Å². The molecule has 6 heterocycles. The molecule has 0 radical (unpaired) electrons. The van der Waals surface area contributed by atoms with Crippen LogP contribution in [0.2, 0.25) is 0 Å². The van der Waals surface area contributed by atoms with Crippen LogP contribution in [0.5, 0.6) is 23.3 Å². The van der Waals surface area contributed by atoms with Crippen molar-refractivity contribution in [3.63, 3.8) is 0 Å². The van der Waals surface area contributed by atoms with Crippen molar-refractivity contribution in [2.75, 3.05) is 9.80 Å². The fraction of sp³-hybridized carbons (Fsp3) is 0.180. The van der Waals surface area contributed by atoms with Gasteiger partial charge in [0, 0.05) is 44.8 Å². The summed E-state index contributed by atoms with van der Waals surface area (Å²) in [6.45, 7) is 17.6. The Hall–Kier alpha value is -7.97. The largest absolute Gasteiger partial charge is 0.440 e. The molecule has 71 heavy (non-hydrogen) atoms. The molecule has 2 aromatic heterocycles. The molecule has 0 spiro atoms. The fourth-order valence-electron chi connectivity index (χ4n) is 13.1. The first-order valence-corrected chi connectivity index (χ1v) is 24.8. The Balaban J connectivity index is 1.11. The van der Waals surface area contributed by atoms with Crippen LogP contribution in [0.3, 0.4) is 0 Å². The third-order valence-electron chi connectivity index (χ3n) is 15.9. The first kappa shape index (κ1) is 42.0. The summed E-state index contributed by atoms with van der Waals surface area (Å²) in [4.78, 5) is 26.8. The quantitative estimate of drug-likeness (QED) is 0.162. The number of nitrogens with zero attached hydrogens (tertiary/aromatic N) is 6. The molecule has 5 aliphatic rings. The van der Waals surface area contributed by atoms with Crippen LogP contribution < -0.4 is 52.1 Å². The van der Waals surface area contributed by atoms with Crippen molar-refractivity contribution >= 4 is 80.6 Å². The van der Waals surface area contributed by atoms with Gasteiger partial charge in [-0.05, 0) is 143 Å². The van der Waals surface area contributed by atoms with Crippen molar-refractivity contribution in [2.24, 2.45) is 0 Å². The Morgan fingerprint density at radius 2 is 0.887 bits per heavy atom. The van der Waals surface area contributed by atoms with Crippen molar-refractivity contribution in [1.82, 2.24) is 19.9 Å². The number of anilines is 6. The highest BCUT2D eigenvalue weighted by atomic mass is 16.5. The van der Waals surface area contributed by atoms with E-state index in [-0.39, 0.29) is 24.3 Å². The molecule has 0 saturated heterocycles. The number of para-hydroxylation sites is 3. The van der Waals surface area contributed by atoms with Crippen LogP contribution >= 0.6 is 0 Å². The molecule has 0 N–H and O–H groups in total. The minimum absolute atomic E-state index is 0.0340. The normalized spacial score (nSPS) is 15.6. The lowest BCUT2D eigenvalue weighted by Gasteiger charge is -2.43. The van der Waals surface area contributed by atoms with Crippen molar-refractivity contribution in [3.8, 4) is 46.0 Å². The number of benzene rings is 7. The average Bonchev–Trinajstić information content (AvgIpc) is 3.54. The van der Waals surface area contributed by atoms with Crippen LogP contribution in [0.15, 0.2) is 146 Å². The van der Waals surface area contributed by atoms with E-state index in [1.54, 1.807) is 0 Å². The van der Waals surface area contributed by atoms with E-state index in [0.29, 0.717) is 23.4 Å². The van der Waals surface area contributed by atoms with E-state index in [2.05, 4.69) is 205 Å². The summed E-state index contributed by atoms with van der Waals surface area (Å²) in [5.41, 5.74) is 19.5. The van der Waals surface area contributed by atoms with E-state index < -0.39 is 0 Å². The molecular weight excluding hydrogens is 870 g/mol. The minimum Gasteiger partial charge on any atom is -0.440 e. The first-order valence-electron chi connectivity index (χ1n) is 24.8. The number of fused-ring (bicyclic) bond motifs is 9. The zero-order valence-electron chi connectivity index (χ0n) is 41.2. The summed E-state index contributed by atoms with van der Waals surface area (Å²) in [6.07, 6.45) is 1.04. The van der Waals surface area contributed by atoms with E-state index in [4.69, 9.17) is 29.4 Å². The van der Waals surface area contributed by atoms with Crippen LogP contribution in [-0.2, 0) is 10.8 Å². The van der Waals surface area contributed by atoms with Gasteiger partial charge in [-0.25, -0.2) is 9.97 Å². The Morgan fingerprint density at radius 3 is 1.41 bits per heavy atom. The van der Waals surface area contributed by atoms with E-state index >= 15 is 0 Å². The van der Waals surface area contributed by atoms with Crippen molar-refractivity contribution in [2.45, 2.75) is 72.6 Å². The van der Waals surface area contributed by atoms with Gasteiger partial charge in [0.1, 0.15) is 23.1 Å². The fourth-order valence-corrected chi connectivity index (χ4v) is 13.1. The SMILES string of the molecule is Cc1cccc(C)c1-c1nc2c3c(n1)N(c1ccccc1)c1cc4c(cc1B3c1ccccc1O2)B1c2cc3c(cc2Oc2nc(-c5c(C)cccc5C)nc(c21)N4c1ccccc1)C(C)(C)CC3(C)C. The second-order valence-electron chi connectivity index (χ2n) is 21.5. The van der Waals surface area contributed by atoms with Crippen LogP contribution in [0, 0.1) is 27.7 Å². The topological polar surface area (TPSA) is 76.5 Å². The molecule has 8 nitrogen and oxygen atoms in total. The summed E-state index contributed by atoms with van der Waals surface area (Å²) < 4.78 is 14.2. The lowest BCUT2D eigenvalue weighted by molar-refractivity contribution is 0.402. The predicted molar refractivity (Wildman–Crippen MR) is 290 cm³/mol. The molecule has 0 bridgehead atoms. The van der Waals surface area contributed by atoms with Gasteiger partial charge in [0.15, 0.2) is 11.6 Å². The molecule has 0 unspecified atom stereocenters. The lowest BCUT2D eigenvalue weighted by Crippen LogP contribution is -2.64. The summed E-state index contributed by atoms with van der Waals surface area (Å²) >= 11 is 0. The lowest BCUT2D eigenvalue weighted by atomic mass is 9.31. The molecule has 0 amide bonds. The van der Waals surface area contributed by atoms with Gasteiger partial charge >= 0.3 is 0 Å². The van der Waals surface area contributed by atoms with E-state index in [1.165, 1.54) is 11.1 Å². The van der Waals surface area contributed by atoms with E-state index in [0.717, 1.165) is 118 Å². The number of hydrogen-bond donors (Lipinski definition) is 0. The molecule has 0 atom stereocenters. The van der Waals surface area contributed by atoms with E-state index in [9.17, 15) is 0 Å². The summed E-state index contributed by atoms with van der Waals surface area (Å²) in [6, 6.07) is 52.2. The Bertz CT molecular complexity index is 3740. The maximum absolute atomic E-state index is 7.25. The Morgan fingerprint density at radius 1 is 0.437 bits per heavy atom. The summed E-state index contributed by atoms with van der Waals surface area (Å²) in [5, 5.41) is 0. The molecular formula is C61H50B2N6O2. The number of ether oxygens (including phenoxy) is 2. The zero-order chi connectivity index (χ0) is 48.2. The second-order valence-corrected chi connectivity index (χ2v) is 21.5. The Labute approximate surface area is 415 Å². The molecule has 1 aliphatic carbocycles. The van der Waals surface area contributed by atoms with Gasteiger partial charge in [0.25, 0.3) is 13.4 Å². The number of aryl methyl sites for hydroxylation is 4. The minimum atomic E-state index is -0.260. The third kappa shape index (κ3) is 6.00. The summed E-state index contributed by atoms with van der Waals surface area (Å²) in [7, 11) is 0. The van der Waals surface area contributed by atoms with Gasteiger partial charge in [0.05, 0.1) is 0 Å². The molecule has 7 aromatic carbocycles. The van der Waals surface area contributed by atoms with Gasteiger partial charge in [-0.3, -0.25) is 9.80 Å². The molecule has 342 valence electrons. The highest BCUT2D eigenvalue weighted by Gasteiger charge is 2.51. The van der Waals surface area contributed by atoms with Crippen LogP contribution in [0.1, 0.15) is 67.5 Å².